The number of carbonyl (C=O) groups excluding carboxylic acids is 11. The molecule has 5 saturated carbocycles. The summed E-state index contributed by atoms with van der Waals surface area (Å²) in [6.45, 7) is -6.48. The monoisotopic (exact) mass is 1560 g/mol. The van der Waals surface area contributed by atoms with Crippen LogP contribution in [0, 0.1) is 70.0 Å². The van der Waals surface area contributed by atoms with Gasteiger partial charge in [0.25, 0.3) is 0 Å². The Morgan fingerprint density at radius 3 is 0.907 bits per heavy atom. The van der Waals surface area contributed by atoms with E-state index in [1.165, 1.54) is 0 Å². The van der Waals surface area contributed by atoms with E-state index < -0.39 is 241 Å². The molecule has 31 nitrogen and oxygen atoms in total. The van der Waals surface area contributed by atoms with Gasteiger partial charge in [-0.2, -0.15) is 0 Å². The number of hydrogen-bond donors (Lipinski definition) is 5. The van der Waals surface area contributed by atoms with Crippen LogP contribution in [0.15, 0.2) is 0 Å². The Kier molecular flexibility index (Phi) is 41.9. The summed E-state index contributed by atoms with van der Waals surface area (Å²) in [4.78, 5) is 184. The zero-order valence-corrected chi connectivity index (χ0v) is 64.1. The van der Waals surface area contributed by atoms with Crippen molar-refractivity contribution < 1.29 is 149 Å². The molecule has 0 aromatic heterocycles. The van der Waals surface area contributed by atoms with Gasteiger partial charge in [0.2, 0.25) is 0 Å². The third-order valence-corrected chi connectivity index (χ3v) is 22.1. The number of hydrogen-bond acceptors (Lipinski definition) is 28. The molecule has 5 N–H and O–H groups in total. The maximum Gasteiger partial charge on any atom is 0.469 e. The van der Waals surface area contributed by atoms with Crippen LogP contribution in [0.5, 0.6) is 0 Å². The number of aliphatic hydroxyl groups excluding tert-OH is 2. The van der Waals surface area contributed by atoms with Crippen LogP contribution in [-0.4, -0.2) is 188 Å². The molecule has 12 unspecified atom stereocenters. The molecule has 0 spiro atoms. The molecule has 616 valence electrons. The molecule has 0 amide bonds. The van der Waals surface area contributed by atoms with Crippen LogP contribution in [0.4, 0.5) is 0 Å². The molecule has 108 heavy (non-hydrogen) atoms. The molecule has 12 atom stereocenters. The summed E-state index contributed by atoms with van der Waals surface area (Å²) in [5.41, 5.74) is -4.49. The molecule has 5 fully saturated rings. The van der Waals surface area contributed by atoms with E-state index in [9.17, 15) is 97.4 Å². The molecule has 0 aromatic carbocycles. The fourth-order valence-electron chi connectivity index (χ4n) is 15.1. The van der Waals surface area contributed by atoms with Crippen LogP contribution >= 0.6 is 7.82 Å². The van der Waals surface area contributed by atoms with Gasteiger partial charge < -0.3 is 92.3 Å². The number of aliphatic carboxylic acids is 3. The molecule has 0 saturated heterocycles. The van der Waals surface area contributed by atoms with Crippen LogP contribution in [-0.2, 0) is 114 Å². The minimum absolute atomic E-state index is 0.00714. The Balaban J connectivity index is 1.52. The van der Waals surface area contributed by atoms with Crippen LogP contribution in [0.1, 0.15) is 245 Å². The van der Waals surface area contributed by atoms with E-state index in [-0.39, 0.29) is 77.0 Å². The largest absolute Gasteiger partial charge is 0.550 e. The smallest absolute Gasteiger partial charge is 0.469 e. The number of phosphoric ester groups is 1. The molecular formula is C76H119O31P-2. The van der Waals surface area contributed by atoms with Crippen LogP contribution in [0.2, 0.25) is 0 Å². The Bertz CT molecular complexity index is 2680. The van der Waals surface area contributed by atoms with Crippen molar-refractivity contribution >= 4 is 79.5 Å². The number of phosphoric acid groups is 1. The first-order valence-corrected chi connectivity index (χ1v) is 40.9. The second-order valence-corrected chi connectivity index (χ2v) is 31.6. The Labute approximate surface area is 632 Å². The molecule has 0 bridgehead atoms. The second kappa shape index (κ2) is 49.1. The molecular weight excluding hydrogens is 1440 g/mol. The molecule has 0 radical (unpaired) electrons. The maximum atomic E-state index is 14.7. The number of carbonyl (C=O) groups is 12. The number of aliphatic hydroxyl groups is 2. The molecule has 5 aliphatic carbocycles. The van der Waals surface area contributed by atoms with E-state index in [4.69, 9.17) is 51.9 Å². The van der Waals surface area contributed by atoms with Crippen LogP contribution in [0.3, 0.4) is 0 Å². The molecule has 32 heteroatoms. The van der Waals surface area contributed by atoms with Crippen molar-refractivity contribution in [3.8, 4) is 0 Å². The minimum atomic E-state index is -5.62. The maximum absolute atomic E-state index is 14.7. The lowest BCUT2D eigenvalue weighted by Crippen LogP contribution is -2.49. The number of ether oxygens (including phenoxy) is 10. The quantitative estimate of drug-likeness (QED) is 0.0185. The zero-order chi connectivity index (χ0) is 79.1. The molecule has 5 aliphatic rings. The Morgan fingerprint density at radius 2 is 0.620 bits per heavy atom. The van der Waals surface area contributed by atoms with E-state index in [0.717, 1.165) is 77.0 Å². The van der Waals surface area contributed by atoms with Gasteiger partial charge >= 0.3 is 67.5 Å². The number of unbranched alkanes of at least 4 members (excludes halogenated alkanes) is 12. The van der Waals surface area contributed by atoms with Crippen molar-refractivity contribution in [1.82, 2.24) is 0 Å². The molecule has 0 heterocycles. The zero-order valence-electron chi connectivity index (χ0n) is 63.2. The lowest BCUT2D eigenvalue weighted by Gasteiger charge is -2.38. The molecule has 5 rings (SSSR count). The molecule has 0 aliphatic heterocycles. The van der Waals surface area contributed by atoms with Crippen LogP contribution < -0.4 is 10.2 Å². The van der Waals surface area contributed by atoms with E-state index in [1.54, 1.807) is 0 Å². The molecule has 0 aromatic rings. The van der Waals surface area contributed by atoms with Gasteiger partial charge in [-0.1, -0.05) is 155 Å². The Morgan fingerprint density at radius 1 is 0.361 bits per heavy atom. The summed E-state index contributed by atoms with van der Waals surface area (Å²) in [7, 11) is -5.62. The first-order chi connectivity index (χ1) is 51.7. The topological polar surface area (TPSA) is 471 Å². The van der Waals surface area contributed by atoms with Gasteiger partial charge in [0.05, 0.1) is 91.2 Å². The summed E-state index contributed by atoms with van der Waals surface area (Å²) in [6.07, 6.45) is 15.2. The van der Waals surface area contributed by atoms with Crippen molar-refractivity contribution in [2.24, 2.45) is 70.0 Å². The van der Waals surface area contributed by atoms with Gasteiger partial charge in [-0.15, -0.1) is 0 Å². The number of rotatable bonds is 51. The summed E-state index contributed by atoms with van der Waals surface area (Å²) in [5, 5.41) is 55.6. The van der Waals surface area contributed by atoms with Gasteiger partial charge in [0.1, 0.15) is 46.2 Å². The first-order valence-electron chi connectivity index (χ1n) is 39.4. The van der Waals surface area contributed by atoms with Gasteiger partial charge in [-0.3, -0.25) is 52.5 Å². The van der Waals surface area contributed by atoms with Crippen molar-refractivity contribution in [3.05, 3.63) is 0 Å². The second-order valence-electron chi connectivity index (χ2n) is 30.4. The SMILES string of the molecule is CCCCCCCCCC(=O)OCC(CO)OC(=O)C1CCCCC1C(=O)OCC(COCC(COC(=O)C1CCCCC1C(=O)[O-])(COC(=O)C1CCCCC1C(=O)[O-])COC(=O)C1CCCCC1C(=O)O)(COC(=O)C1CCCCC1C(=O)OC(CO)COC(=O)CCCCCCCCC)COP(=O)(O)O. The van der Waals surface area contributed by atoms with Crippen molar-refractivity contribution in [3.63, 3.8) is 0 Å². The lowest BCUT2D eigenvalue weighted by atomic mass is 9.79. The number of carboxylic acid groups (broad SMARTS) is 3. The highest BCUT2D eigenvalue weighted by molar-refractivity contribution is 7.46. The fraction of sp³-hybridized carbons (Fsp3) is 0.842. The predicted molar refractivity (Wildman–Crippen MR) is 374 cm³/mol. The first kappa shape index (κ1) is 92.2. The summed E-state index contributed by atoms with van der Waals surface area (Å²) in [5.74, 6) is -25.6. The lowest BCUT2D eigenvalue weighted by molar-refractivity contribution is -0.315. The highest BCUT2D eigenvalue weighted by atomic mass is 31.2. The van der Waals surface area contributed by atoms with E-state index in [0.29, 0.717) is 77.0 Å². The summed E-state index contributed by atoms with van der Waals surface area (Å²) >= 11 is 0. The van der Waals surface area contributed by atoms with Crippen molar-refractivity contribution in [2.45, 2.75) is 257 Å². The average molecular weight is 1560 g/mol. The van der Waals surface area contributed by atoms with Crippen molar-refractivity contribution in [1.29, 1.82) is 0 Å². The predicted octanol–water partition coefficient (Wildman–Crippen LogP) is 6.59. The standard InChI is InChI=1S/C76H121O31P/c1-3-5-7-9-11-13-15-37-63(79)98-41-51(39-77)106-73(92)61-35-25-23-33-59(61)71(90)103-48-76(50-105-108(94,95)96,49-104-72(91)60-34-24-26-36-62(60)74(93)107-52(40-78)42-99-64(80)38-16-14-12-10-8-6-4-2)44-97-43-75(45-100-68(87)56-30-20-17-27-53(56)65(81)82,46-101-69(88)57-31-21-18-28-54(57)66(83)84)47-102-70(89)58-32-22-19-29-55(58)67(85)86/h51-62,77-78H,3-50H2,1-2H3,(H,81,82)(H,83,84)(H,85,86)(H2,94,95,96)/p-2. The highest BCUT2D eigenvalue weighted by Gasteiger charge is 2.48. The number of carboxylic acids is 3. The van der Waals surface area contributed by atoms with Crippen molar-refractivity contribution in [2.75, 3.05) is 79.3 Å². The van der Waals surface area contributed by atoms with E-state index >= 15 is 0 Å². The van der Waals surface area contributed by atoms with E-state index in [2.05, 4.69) is 13.8 Å². The summed E-state index contributed by atoms with van der Waals surface area (Å²) in [6, 6.07) is 0. The van der Waals surface area contributed by atoms with E-state index in [1.807, 2.05) is 0 Å². The fourth-order valence-corrected chi connectivity index (χ4v) is 15.5. The average Bonchev–Trinajstić information content (AvgIpc) is 0.827. The number of esters is 9. The highest BCUT2D eigenvalue weighted by Crippen LogP contribution is 2.42. The third kappa shape index (κ3) is 32.1. The van der Waals surface area contributed by atoms with Gasteiger partial charge in [-0.05, 0) is 77.0 Å². The Hall–Kier alpha value is -6.37. The normalized spacial score (nSPS) is 24.1. The van der Waals surface area contributed by atoms with Gasteiger partial charge in [0.15, 0.2) is 12.2 Å². The van der Waals surface area contributed by atoms with Crippen LogP contribution in [0.25, 0.3) is 0 Å². The van der Waals surface area contributed by atoms with Gasteiger partial charge in [-0.25, -0.2) is 4.57 Å². The summed E-state index contributed by atoms with van der Waals surface area (Å²) < 4.78 is 76.2. The van der Waals surface area contributed by atoms with Gasteiger partial charge in [0, 0.05) is 36.6 Å². The minimum Gasteiger partial charge on any atom is -0.550 e. The third-order valence-electron chi connectivity index (χ3n) is 21.6.